The van der Waals surface area contributed by atoms with Gasteiger partial charge in [0, 0.05) is 12.2 Å². The molecule has 0 unspecified atom stereocenters. The molecule has 2 fully saturated rings. The van der Waals surface area contributed by atoms with Crippen molar-refractivity contribution in [3.05, 3.63) is 48.3 Å². The number of alkyl halides is 3. The molecule has 4 rings (SSSR count). The van der Waals surface area contributed by atoms with Crippen molar-refractivity contribution in [1.29, 1.82) is 0 Å². The van der Waals surface area contributed by atoms with Gasteiger partial charge in [0.15, 0.2) is 0 Å². The summed E-state index contributed by atoms with van der Waals surface area (Å²) in [5.41, 5.74) is -3.88. The lowest BCUT2D eigenvalue weighted by atomic mass is 9.95. The third kappa shape index (κ3) is 4.72. The Hall–Kier alpha value is -3.15. The molecule has 0 atom stereocenters. The van der Waals surface area contributed by atoms with Crippen LogP contribution in [0.5, 0.6) is 0 Å². The number of halogens is 3. The molecule has 1 aromatic heterocycles. The van der Waals surface area contributed by atoms with Crippen molar-refractivity contribution >= 4 is 33.2 Å². The number of carbonyl (C=O) groups excluding carboxylic acids is 2. The van der Waals surface area contributed by atoms with Gasteiger partial charge in [0.1, 0.15) is 6.54 Å². The van der Waals surface area contributed by atoms with E-state index in [1.165, 1.54) is 11.3 Å². The summed E-state index contributed by atoms with van der Waals surface area (Å²) in [6.07, 6.45) is 8.87. The van der Waals surface area contributed by atoms with Gasteiger partial charge in [0.05, 0.1) is 29.0 Å². The molecule has 2 aromatic rings. The van der Waals surface area contributed by atoms with E-state index in [1.807, 2.05) is 0 Å². The summed E-state index contributed by atoms with van der Waals surface area (Å²) in [4.78, 5) is 30.9. The molecule has 1 aromatic carbocycles. The first-order chi connectivity index (χ1) is 16.1. The fourth-order valence-electron chi connectivity index (χ4n) is 4.20. The van der Waals surface area contributed by atoms with E-state index < -0.39 is 32.2 Å². The highest BCUT2D eigenvalue weighted by Crippen LogP contribution is 2.32. The molecule has 1 aliphatic carbocycles. The molecule has 0 radical (unpaired) electrons. The van der Waals surface area contributed by atoms with E-state index in [-0.39, 0.29) is 18.8 Å². The summed E-state index contributed by atoms with van der Waals surface area (Å²) in [5, 5.41) is 3.48. The average Bonchev–Trinajstić information content (AvgIpc) is 3.08. The fraction of sp³-hybridized carbons (Fsp3) is 0.409. The molecule has 1 saturated heterocycles. The lowest BCUT2D eigenvalue weighted by Crippen LogP contribution is -2.33. The number of urea groups is 1. The number of hydrogen-bond acceptors (Lipinski definition) is 6. The zero-order valence-electron chi connectivity index (χ0n) is 18.1. The van der Waals surface area contributed by atoms with Gasteiger partial charge in [0.25, 0.3) is 15.7 Å². The second-order valence-electron chi connectivity index (χ2n) is 8.32. The first-order valence-corrected chi connectivity index (χ1v) is 12.3. The standard InChI is InChI=1S/C22H23F3N4O4S/c23-22(24,25)34(32,33)18-8-6-17(7-9-18)29-20(30)14-28(21(29)31)13-15-10-11-26-12-19(15)27-16-4-2-1-3-5-16/h6-12,16,27H,1-5,13-14H2. The molecule has 2 aliphatic rings. The molecular formula is C22H23F3N4O4S. The van der Waals surface area contributed by atoms with Gasteiger partial charge < -0.3 is 10.2 Å². The number of rotatable bonds is 6. The lowest BCUT2D eigenvalue weighted by molar-refractivity contribution is -0.116. The zero-order chi connectivity index (χ0) is 24.5. The molecule has 1 aliphatic heterocycles. The first-order valence-electron chi connectivity index (χ1n) is 10.8. The van der Waals surface area contributed by atoms with Crippen LogP contribution in [0.3, 0.4) is 0 Å². The van der Waals surface area contributed by atoms with Gasteiger partial charge in [0.2, 0.25) is 0 Å². The maximum absolute atomic E-state index is 13.0. The average molecular weight is 497 g/mol. The van der Waals surface area contributed by atoms with E-state index >= 15 is 0 Å². The van der Waals surface area contributed by atoms with Gasteiger partial charge in [-0.05, 0) is 48.7 Å². The molecule has 1 saturated carbocycles. The van der Waals surface area contributed by atoms with Crippen LogP contribution in [0.2, 0.25) is 0 Å². The third-order valence-corrected chi connectivity index (χ3v) is 7.49. The number of amides is 3. The third-order valence-electron chi connectivity index (χ3n) is 5.98. The minimum absolute atomic E-state index is 0.00564. The molecule has 34 heavy (non-hydrogen) atoms. The lowest BCUT2D eigenvalue weighted by Gasteiger charge is -2.26. The second-order valence-corrected chi connectivity index (χ2v) is 10.3. The van der Waals surface area contributed by atoms with Crippen molar-refractivity contribution in [1.82, 2.24) is 9.88 Å². The summed E-state index contributed by atoms with van der Waals surface area (Å²) in [6.45, 7) is -0.0776. The van der Waals surface area contributed by atoms with Crippen LogP contribution in [-0.4, -0.2) is 48.3 Å². The Labute approximate surface area is 194 Å². The topological polar surface area (TPSA) is 99.7 Å². The van der Waals surface area contributed by atoms with Crippen LogP contribution in [0.4, 0.5) is 29.3 Å². The van der Waals surface area contributed by atoms with E-state index in [2.05, 4.69) is 10.3 Å². The van der Waals surface area contributed by atoms with E-state index in [1.54, 1.807) is 18.5 Å². The monoisotopic (exact) mass is 496 g/mol. The number of carbonyl (C=O) groups is 2. The van der Waals surface area contributed by atoms with Crippen LogP contribution in [0.15, 0.2) is 47.6 Å². The number of sulfone groups is 1. The smallest absolute Gasteiger partial charge is 0.381 e. The second kappa shape index (κ2) is 9.24. The van der Waals surface area contributed by atoms with Gasteiger partial charge in [-0.1, -0.05) is 19.3 Å². The molecular weight excluding hydrogens is 473 g/mol. The fourth-order valence-corrected chi connectivity index (χ4v) is 4.96. The molecule has 3 amide bonds. The Kier molecular flexibility index (Phi) is 6.52. The van der Waals surface area contributed by atoms with Gasteiger partial charge in [-0.25, -0.2) is 18.1 Å². The minimum Gasteiger partial charge on any atom is -0.381 e. The SMILES string of the molecule is O=C1CN(Cc2ccncc2NC2CCCCC2)C(=O)N1c1ccc(S(=O)(=O)C(F)(F)F)cc1. The molecule has 0 bridgehead atoms. The normalized spacial score (nSPS) is 18.0. The summed E-state index contributed by atoms with van der Waals surface area (Å²) >= 11 is 0. The number of anilines is 2. The van der Waals surface area contributed by atoms with Gasteiger partial charge >= 0.3 is 11.5 Å². The van der Waals surface area contributed by atoms with Crippen molar-refractivity contribution in [3.8, 4) is 0 Å². The van der Waals surface area contributed by atoms with Gasteiger partial charge in [-0.15, -0.1) is 0 Å². The van der Waals surface area contributed by atoms with Crippen molar-refractivity contribution in [3.63, 3.8) is 0 Å². The van der Waals surface area contributed by atoms with E-state index in [4.69, 9.17) is 0 Å². The van der Waals surface area contributed by atoms with Crippen LogP contribution in [-0.2, 0) is 21.2 Å². The van der Waals surface area contributed by atoms with E-state index in [0.717, 1.165) is 66.1 Å². The summed E-state index contributed by atoms with van der Waals surface area (Å²) in [7, 11) is -5.52. The van der Waals surface area contributed by atoms with Crippen molar-refractivity contribution in [2.75, 3.05) is 16.8 Å². The number of benzene rings is 1. The highest BCUT2D eigenvalue weighted by Gasteiger charge is 2.47. The number of pyridine rings is 1. The molecule has 182 valence electrons. The number of nitrogens with one attached hydrogen (secondary N) is 1. The van der Waals surface area contributed by atoms with Gasteiger partial charge in [-0.2, -0.15) is 13.2 Å². The molecule has 0 spiro atoms. The number of imide groups is 1. The Morgan fingerprint density at radius 2 is 1.71 bits per heavy atom. The Balaban J connectivity index is 1.50. The molecule has 1 N–H and O–H groups in total. The predicted octanol–water partition coefficient (Wildman–Crippen LogP) is 4.09. The first kappa shape index (κ1) is 24.0. The van der Waals surface area contributed by atoms with Crippen molar-refractivity contribution in [2.24, 2.45) is 0 Å². The van der Waals surface area contributed by atoms with E-state index in [9.17, 15) is 31.2 Å². The summed E-state index contributed by atoms with van der Waals surface area (Å²) < 4.78 is 61.4. The largest absolute Gasteiger partial charge is 0.501 e. The number of hydrogen-bond donors (Lipinski definition) is 1. The Morgan fingerprint density at radius 1 is 1.03 bits per heavy atom. The van der Waals surface area contributed by atoms with E-state index in [0.29, 0.717) is 6.04 Å². The molecule has 12 heteroatoms. The highest BCUT2D eigenvalue weighted by molar-refractivity contribution is 7.92. The molecule has 2 heterocycles. The quantitative estimate of drug-likeness (QED) is 0.605. The van der Waals surface area contributed by atoms with Crippen LogP contribution >= 0.6 is 0 Å². The van der Waals surface area contributed by atoms with Gasteiger partial charge in [-0.3, -0.25) is 9.78 Å². The summed E-state index contributed by atoms with van der Waals surface area (Å²) in [5.74, 6) is -0.563. The van der Waals surface area contributed by atoms with Crippen LogP contribution < -0.4 is 10.2 Å². The Morgan fingerprint density at radius 3 is 2.35 bits per heavy atom. The van der Waals surface area contributed by atoms with Crippen LogP contribution in [0.25, 0.3) is 0 Å². The number of nitrogens with zero attached hydrogens (tertiary/aromatic N) is 3. The van der Waals surface area contributed by atoms with Crippen molar-refractivity contribution in [2.45, 2.75) is 55.1 Å². The Bertz CT molecular complexity index is 1180. The van der Waals surface area contributed by atoms with Crippen molar-refractivity contribution < 1.29 is 31.2 Å². The predicted molar refractivity (Wildman–Crippen MR) is 118 cm³/mol. The maximum atomic E-state index is 13.0. The zero-order valence-corrected chi connectivity index (χ0v) is 18.9. The highest BCUT2D eigenvalue weighted by atomic mass is 32.2. The minimum atomic E-state index is -5.52. The van der Waals surface area contributed by atoms with Crippen LogP contribution in [0.1, 0.15) is 37.7 Å². The number of aromatic nitrogens is 1. The van der Waals surface area contributed by atoms with Crippen LogP contribution in [0, 0.1) is 0 Å². The summed E-state index contributed by atoms with van der Waals surface area (Å²) in [6, 6.07) is 4.93. The maximum Gasteiger partial charge on any atom is 0.501 e. The molecule has 8 nitrogen and oxygen atoms in total.